The Labute approximate surface area is 178 Å². The Kier molecular flexibility index (Phi) is 5.77. The highest BCUT2D eigenvalue weighted by Crippen LogP contribution is 2.27. The maximum absolute atomic E-state index is 13.4. The van der Waals surface area contributed by atoms with Crippen molar-refractivity contribution in [1.82, 2.24) is 4.31 Å². The molecule has 0 atom stereocenters. The number of fused-ring (bicyclic) bond motifs is 1. The Morgan fingerprint density at radius 3 is 2.67 bits per heavy atom. The van der Waals surface area contributed by atoms with Crippen LogP contribution in [0.25, 0.3) is 10.8 Å². The monoisotopic (exact) mass is 422 g/mol. The zero-order chi connectivity index (χ0) is 21.1. The van der Waals surface area contributed by atoms with Gasteiger partial charge in [-0.3, -0.25) is 9.30 Å². The molecule has 1 heterocycles. The van der Waals surface area contributed by atoms with Gasteiger partial charge >= 0.3 is 0 Å². The summed E-state index contributed by atoms with van der Waals surface area (Å²) in [5.41, 5.74) is 1.89. The van der Waals surface area contributed by atoms with Gasteiger partial charge in [-0.2, -0.15) is 0 Å². The van der Waals surface area contributed by atoms with Crippen LogP contribution in [0.5, 0.6) is 5.75 Å². The van der Waals surface area contributed by atoms with Crippen LogP contribution in [0.15, 0.2) is 70.6 Å². The molecule has 0 saturated carbocycles. The summed E-state index contributed by atoms with van der Waals surface area (Å²) in [5.74, 6) is 1.32. The van der Waals surface area contributed by atoms with E-state index in [2.05, 4.69) is 23.2 Å². The molecule has 0 aromatic heterocycles. The van der Waals surface area contributed by atoms with E-state index < -0.39 is 10.0 Å². The summed E-state index contributed by atoms with van der Waals surface area (Å²) >= 11 is 0. The van der Waals surface area contributed by atoms with Gasteiger partial charge in [0.25, 0.3) is 10.0 Å². The first kappa shape index (κ1) is 20.4. The van der Waals surface area contributed by atoms with Crippen molar-refractivity contribution in [2.45, 2.75) is 31.6 Å². The van der Waals surface area contributed by atoms with Crippen LogP contribution in [0.2, 0.25) is 0 Å². The largest absolute Gasteiger partial charge is 0.493 e. The highest BCUT2D eigenvalue weighted by atomic mass is 32.2. The molecule has 0 fully saturated rings. The Bertz CT molecular complexity index is 1200. The fourth-order valence-electron chi connectivity index (χ4n) is 3.78. The molecule has 4 rings (SSSR count). The molecule has 0 spiro atoms. The Balaban J connectivity index is 1.61. The van der Waals surface area contributed by atoms with Crippen molar-refractivity contribution < 1.29 is 13.2 Å². The van der Waals surface area contributed by atoms with E-state index in [1.165, 1.54) is 4.31 Å². The second-order valence-electron chi connectivity index (χ2n) is 7.47. The van der Waals surface area contributed by atoms with Crippen LogP contribution in [0.1, 0.15) is 24.5 Å². The average molecular weight is 423 g/mol. The number of amidine groups is 1. The van der Waals surface area contributed by atoms with Gasteiger partial charge in [-0.25, -0.2) is 8.42 Å². The molecule has 3 aromatic carbocycles. The number of hydrogen-bond donors (Lipinski definition) is 0. The molecule has 0 N–H and O–H groups in total. The standard InChI is InChI=1S/C24H26N2O3S/c1-3-15-29-23-12-11-21(16-18(23)2)30(27,28)26-14-13-25-24(26)17-20-9-6-8-19-7-4-5-10-22(19)20/h4-12,16H,3,13-15,17H2,1-2H3. The summed E-state index contributed by atoms with van der Waals surface area (Å²) in [7, 11) is -3.67. The highest BCUT2D eigenvalue weighted by molar-refractivity contribution is 7.89. The Morgan fingerprint density at radius 1 is 1.07 bits per heavy atom. The molecule has 0 saturated heterocycles. The minimum Gasteiger partial charge on any atom is -0.493 e. The molecule has 0 aliphatic carbocycles. The minimum absolute atomic E-state index is 0.274. The number of rotatable bonds is 7. The lowest BCUT2D eigenvalue weighted by Crippen LogP contribution is -2.35. The van der Waals surface area contributed by atoms with Crippen molar-refractivity contribution in [3.8, 4) is 5.75 Å². The lowest BCUT2D eigenvalue weighted by Gasteiger charge is -2.21. The maximum Gasteiger partial charge on any atom is 0.265 e. The van der Waals surface area contributed by atoms with Crippen molar-refractivity contribution >= 4 is 26.6 Å². The van der Waals surface area contributed by atoms with E-state index in [1.54, 1.807) is 18.2 Å². The molecule has 1 aliphatic heterocycles. The zero-order valence-corrected chi connectivity index (χ0v) is 18.2. The van der Waals surface area contributed by atoms with E-state index in [0.717, 1.165) is 34.1 Å². The predicted octanol–water partition coefficient (Wildman–Crippen LogP) is 4.58. The summed E-state index contributed by atoms with van der Waals surface area (Å²) in [6.45, 7) is 5.38. The predicted molar refractivity (Wildman–Crippen MR) is 121 cm³/mol. The van der Waals surface area contributed by atoms with Gasteiger partial charge in [0, 0.05) is 6.42 Å². The van der Waals surface area contributed by atoms with Gasteiger partial charge in [0.05, 0.1) is 24.6 Å². The normalized spacial score (nSPS) is 14.2. The van der Waals surface area contributed by atoms with Gasteiger partial charge in [-0.05, 0) is 53.4 Å². The van der Waals surface area contributed by atoms with Crippen molar-refractivity contribution in [3.63, 3.8) is 0 Å². The quantitative estimate of drug-likeness (QED) is 0.560. The van der Waals surface area contributed by atoms with Crippen molar-refractivity contribution in [3.05, 3.63) is 71.8 Å². The van der Waals surface area contributed by atoms with E-state index in [4.69, 9.17) is 4.74 Å². The van der Waals surface area contributed by atoms with Crippen molar-refractivity contribution in [1.29, 1.82) is 0 Å². The molecule has 30 heavy (non-hydrogen) atoms. The van der Waals surface area contributed by atoms with Crippen molar-refractivity contribution in [2.75, 3.05) is 19.7 Å². The third-order valence-electron chi connectivity index (χ3n) is 5.31. The number of sulfonamides is 1. The first-order valence-corrected chi connectivity index (χ1v) is 11.7. The summed E-state index contributed by atoms with van der Waals surface area (Å²) in [4.78, 5) is 4.80. The van der Waals surface area contributed by atoms with Crippen LogP contribution >= 0.6 is 0 Å². The van der Waals surface area contributed by atoms with E-state index in [1.807, 2.05) is 38.1 Å². The molecule has 156 valence electrons. The maximum atomic E-state index is 13.4. The first-order chi connectivity index (χ1) is 14.5. The number of nitrogens with zero attached hydrogens (tertiary/aromatic N) is 2. The Hall–Kier alpha value is -2.86. The molecule has 0 bridgehead atoms. The second-order valence-corrected chi connectivity index (χ2v) is 9.33. The van der Waals surface area contributed by atoms with Crippen LogP contribution < -0.4 is 4.74 Å². The van der Waals surface area contributed by atoms with Gasteiger partial charge in [-0.1, -0.05) is 49.4 Å². The third-order valence-corrected chi connectivity index (χ3v) is 7.13. The Morgan fingerprint density at radius 2 is 1.87 bits per heavy atom. The molecular weight excluding hydrogens is 396 g/mol. The SMILES string of the molecule is CCCOc1ccc(S(=O)(=O)N2CCN=C2Cc2cccc3ccccc23)cc1C. The van der Waals surface area contributed by atoms with Crippen LogP contribution in [0, 0.1) is 6.92 Å². The molecule has 5 nitrogen and oxygen atoms in total. The van der Waals surface area contributed by atoms with Crippen molar-refractivity contribution in [2.24, 2.45) is 4.99 Å². The topological polar surface area (TPSA) is 59.0 Å². The highest BCUT2D eigenvalue weighted by Gasteiger charge is 2.31. The van der Waals surface area contributed by atoms with Crippen LogP contribution in [0.4, 0.5) is 0 Å². The van der Waals surface area contributed by atoms with Gasteiger partial charge in [0.1, 0.15) is 11.6 Å². The fourth-order valence-corrected chi connectivity index (χ4v) is 5.32. The molecule has 6 heteroatoms. The lowest BCUT2D eigenvalue weighted by atomic mass is 10.0. The third kappa shape index (κ3) is 3.92. The zero-order valence-electron chi connectivity index (χ0n) is 17.3. The second kappa shape index (κ2) is 8.48. The molecule has 0 amide bonds. The number of aliphatic imine (C=N–C) groups is 1. The fraction of sp³-hybridized carbons (Fsp3) is 0.292. The van der Waals surface area contributed by atoms with Gasteiger partial charge in [0.2, 0.25) is 0 Å². The molecular formula is C24H26N2O3S. The van der Waals surface area contributed by atoms with E-state index in [0.29, 0.717) is 32.0 Å². The number of aryl methyl sites for hydroxylation is 1. The first-order valence-electron chi connectivity index (χ1n) is 10.3. The lowest BCUT2D eigenvalue weighted by molar-refractivity contribution is 0.315. The van der Waals surface area contributed by atoms with Gasteiger partial charge < -0.3 is 4.74 Å². The average Bonchev–Trinajstić information content (AvgIpc) is 3.22. The number of hydrogen-bond acceptors (Lipinski definition) is 4. The van der Waals surface area contributed by atoms with Crippen LogP contribution in [-0.4, -0.2) is 38.3 Å². The minimum atomic E-state index is -3.67. The summed E-state index contributed by atoms with van der Waals surface area (Å²) in [6.07, 6.45) is 1.39. The van der Waals surface area contributed by atoms with E-state index in [-0.39, 0.29) is 4.90 Å². The smallest absolute Gasteiger partial charge is 0.265 e. The van der Waals surface area contributed by atoms with Gasteiger partial charge in [0.15, 0.2) is 0 Å². The van der Waals surface area contributed by atoms with Gasteiger partial charge in [-0.15, -0.1) is 0 Å². The number of benzene rings is 3. The summed E-state index contributed by atoms with van der Waals surface area (Å²) in [6, 6.07) is 19.3. The molecule has 3 aromatic rings. The number of ether oxygens (including phenoxy) is 1. The molecule has 1 aliphatic rings. The summed E-state index contributed by atoms with van der Waals surface area (Å²) < 4.78 is 33.9. The van der Waals surface area contributed by atoms with Crippen LogP contribution in [0.3, 0.4) is 0 Å². The van der Waals surface area contributed by atoms with E-state index in [9.17, 15) is 8.42 Å². The van der Waals surface area contributed by atoms with Crippen LogP contribution in [-0.2, 0) is 16.4 Å². The molecule has 0 unspecified atom stereocenters. The molecule has 0 radical (unpaired) electrons. The summed E-state index contributed by atoms with van der Waals surface area (Å²) in [5, 5.41) is 2.27. The van der Waals surface area contributed by atoms with E-state index >= 15 is 0 Å².